The van der Waals surface area contributed by atoms with E-state index in [2.05, 4.69) is 15.5 Å². The molecule has 0 aliphatic carbocycles. The van der Waals surface area contributed by atoms with Gasteiger partial charge in [-0.05, 0) is 30.4 Å². The Labute approximate surface area is 108 Å². The molecule has 94 valence electrons. The molecule has 2 rings (SSSR count). The van der Waals surface area contributed by atoms with Gasteiger partial charge in [-0.2, -0.15) is 0 Å². The average molecular weight is 264 g/mol. The number of amides is 1. The molecule has 3 N–H and O–H groups in total. The van der Waals surface area contributed by atoms with E-state index >= 15 is 0 Å². The summed E-state index contributed by atoms with van der Waals surface area (Å²) < 4.78 is 5.17. The molecule has 0 radical (unpaired) electrons. The largest absolute Gasteiger partial charge is 0.469 e. The molecule has 1 aromatic carbocycles. The molecule has 18 heavy (non-hydrogen) atoms. The summed E-state index contributed by atoms with van der Waals surface area (Å²) in [6.45, 7) is 2.36. The number of para-hydroxylation sites is 1. The number of hydrogen-bond acceptors (Lipinski definition) is 6. The van der Waals surface area contributed by atoms with Crippen molar-refractivity contribution in [1.82, 2.24) is 10.2 Å². The molecule has 0 saturated carbocycles. The van der Waals surface area contributed by atoms with Crippen molar-refractivity contribution in [2.45, 2.75) is 6.92 Å². The third kappa shape index (κ3) is 2.75. The predicted octanol–water partition coefficient (Wildman–Crippen LogP) is 1.77. The van der Waals surface area contributed by atoms with Gasteiger partial charge in [0, 0.05) is 5.69 Å². The fourth-order valence-corrected chi connectivity index (χ4v) is 1.96. The smallest absolute Gasteiger partial charge is 0.295 e. The first kappa shape index (κ1) is 12.3. The van der Waals surface area contributed by atoms with Crippen LogP contribution in [0.1, 0.15) is 17.3 Å². The molecule has 2 aromatic rings. The Morgan fingerprint density at radius 1 is 1.44 bits per heavy atom. The van der Waals surface area contributed by atoms with Gasteiger partial charge in [-0.3, -0.25) is 10.1 Å². The number of anilines is 2. The normalized spacial score (nSPS) is 10.1. The van der Waals surface area contributed by atoms with E-state index in [1.54, 1.807) is 24.3 Å². The van der Waals surface area contributed by atoms with Crippen LogP contribution in [0.2, 0.25) is 0 Å². The van der Waals surface area contributed by atoms with Crippen LogP contribution in [-0.4, -0.2) is 22.7 Å². The standard InChI is InChI=1S/C11H12N4O2S/c1-2-17-11-15-14-10(18-11)13-9(16)7-5-3-4-6-8(7)12/h3-6H,2,12H2,1H3,(H,13,14,16). The number of nitrogen functional groups attached to an aromatic ring is 1. The number of benzene rings is 1. The summed E-state index contributed by atoms with van der Waals surface area (Å²) in [5.74, 6) is -0.313. The second-order valence-electron chi connectivity index (χ2n) is 3.35. The molecule has 1 heterocycles. The summed E-state index contributed by atoms with van der Waals surface area (Å²) in [5.41, 5.74) is 6.54. The molecule has 0 saturated heterocycles. The van der Waals surface area contributed by atoms with E-state index < -0.39 is 0 Å². The van der Waals surface area contributed by atoms with Crippen molar-refractivity contribution in [2.75, 3.05) is 17.7 Å². The average Bonchev–Trinajstić information content (AvgIpc) is 2.77. The maximum atomic E-state index is 11.9. The van der Waals surface area contributed by atoms with Crippen molar-refractivity contribution < 1.29 is 9.53 Å². The lowest BCUT2D eigenvalue weighted by Gasteiger charge is -2.03. The lowest BCUT2D eigenvalue weighted by Crippen LogP contribution is -2.13. The fourth-order valence-electron chi connectivity index (χ4n) is 1.31. The number of rotatable bonds is 4. The Kier molecular flexibility index (Phi) is 3.73. The molecule has 1 aromatic heterocycles. The summed E-state index contributed by atoms with van der Waals surface area (Å²) in [4.78, 5) is 11.9. The van der Waals surface area contributed by atoms with E-state index in [0.29, 0.717) is 28.2 Å². The maximum Gasteiger partial charge on any atom is 0.295 e. The molecule has 0 spiro atoms. The van der Waals surface area contributed by atoms with Crippen molar-refractivity contribution in [3.05, 3.63) is 29.8 Å². The molecule has 0 aliphatic rings. The van der Waals surface area contributed by atoms with E-state index in [1.165, 1.54) is 11.3 Å². The summed E-state index contributed by atoms with van der Waals surface area (Å²) in [6, 6.07) is 6.83. The molecular weight excluding hydrogens is 252 g/mol. The number of ether oxygens (including phenoxy) is 1. The minimum absolute atomic E-state index is 0.313. The van der Waals surface area contributed by atoms with Crippen LogP contribution in [0.4, 0.5) is 10.8 Å². The van der Waals surface area contributed by atoms with Gasteiger partial charge < -0.3 is 10.5 Å². The summed E-state index contributed by atoms with van der Waals surface area (Å²) in [6.07, 6.45) is 0. The minimum atomic E-state index is -0.313. The molecule has 0 fully saturated rings. The van der Waals surface area contributed by atoms with Gasteiger partial charge in [0.2, 0.25) is 5.13 Å². The summed E-state index contributed by atoms with van der Waals surface area (Å²) in [5, 5.41) is 11.0. The Morgan fingerprint density at radius 3 is 2.94 bits per heavy atom. The van der Waals surface area contributed by atoms with Crippen LogP contribution in [0.25, 0.3) is 0 Å². The van der Waals surface area contributed by atoms with Gasteiger partial charge in [0.1, 0.15) is 0 Å². The lowest BCUT2D eigenvalue weighted by molar-refractivity contribution is 0.102. The number of carbonyl (C=O) groups excluding carboxylic acids is 1. The zero-order valence-electron chi connectivity index (χ0n) is 9.71. The van der Waals surface area contributed by atoms with E-state index in [1.807, 2.05) is 6.92 Å². The van der Waals surface area contributed by atoms with Crippen LogP contribution < -0.4 is 15.8 Å². The minimum Gasteiger partial charge on any atom is -0.469 e. The van der Waals surface area contributed by atoms with Crippen LogP contribution >= 0.6 is 11.3 Å². The molecule has 0 bridgehead atoms. The van der Waals surface area contributed by atoms with Gasteiger partial charge >= 0.3 is 0 Å². The molecular formula is C11H12N4O2S. The third-order valence-corrected chi connectivity index (χ3v) is 2.85. The molecule has 7 heteroatoms. The second-order valence-corrected chi connectivity index (χ2v) is 4.29. The highest BCUT2D eigenvalue weighted by Crippen LogP contribution is 2.23. The van der Waals surface area contributed by atoms with Crippen molar-refractivity contribution in [3.8, 4) is 5.19 Å². The SMILES string of the molecule is CCOc1nnc(NC(=O)c2ccccc2N)s1. The topological polar surface area (TPSA) is 90.1 Å². The van der Waals surface area contributed by atoms with Gasteiger partial charge in [0.15, 0.2) is 0 Å². The Hall–Kier alpha value is -2.15. The van der Waals surface area contributed by atoms with Crippen LogP contribution in [0.5, 0.6) is 5.19 Å². The van der Waals surface area contributed by atoms with E-state index in [-0.39, 0.29) is 5.91 Å². The highest BCUT2D eigenvalue weighted by Gasteiger charge is 2.12. The summed E-state index contributed by atoms with van der Waals surface area (Å²) >= 11 is 1.17. The Morgan fingerprint density at radius 2 is 2.22 bits per heavy atom. The van der Waals surface area contributed by atoms with Crippen molar-refractivity contribution >= 4 is 28.1 Å². The molecule has 0 unspecified atom stereocenters. The second kappa shape index (κ2) is 5.46. The van der Waals surface area contributed by atoms with Gasteiger partial charge in [-0.25, -0.2) is 0 Å². The first-order valence-electron chi connectivity index (χ1n) is 5.33. The zero-order valence-corrected chi connectivity index (χ0v) is 10.5. The Balaban J connectivity index is 2.09. The quantitative estimate of drug-likeness (QED) is 0.821. The number of nitrogens with zero attached hydrogens (tertiary/aromatic N) is 2. The predicted molar refractivity (Wildman–Crippen MR) is 69.9 cm³/mol. The number of nitrogens with two attached hydrogens (primary N) is 1. The van der Waals surface area contributed by atoms with E-state index in [4.69, 9.17) is 10.5 Å². The van der Waals surface area contributed by atoms with Crippen molar-refractivity contribution in [1.29, 1.82) is 0 Å². The third-order valence-electron chi connectivity index (χ3n) is 2.10. The monoisotopic (exact) mass is 264 g/mol. The highest BCUT2D eigenvalue weighted by atomic mass is 32.1. The molecule has 1 amide bonds. The van der Waals surface area contributed by atoms with Gasteiger partial charge in [-0.1, -0.05) is 17.2 Å². The highest BCUT2D eigenvalue weighted by molar-refractivity contribution is 7.17. The lowest BCUT2D eigenvalue weighted by atomic mass is 10.2. The number of carbonyl (C=O) groups is 1. The maximum absolute atomic E-state index is 11.9. The van der Waals surface area contributed by atoms with Crippen molar-refractivity contribution in [3.63, 3.8) is 0 Å². The van der Waals surface area contributed by atoms with Crippen LogP contribution in [-0.2, 0) is 0 Å². The van der Waals surface area contributed by atoms with Crippen molar-refractivity contribution in [2.24, 2.45) is 0 Å². The van der Waals surface area contributed by atoms with Gasteiger partial charge in [0.25, 0.3) is 11.1 Å². The van der Waals surface area contributed by atoms with Gasteiger partial charge in [-0.15, -0.1) is 5.10 Å². The van der Waals surface area contributed by atoms with Crippen LogP contribution in [0.15, 0.2) is 24.3 Å². The van der Waals surface area contributed by atoms with Crippen LogP contribution in [0.3, 0.4) is 0 Å². The van der Waals surface area contributed by atoms with E-state index in [9.17, 15) is 4.79 Å². The number of nitrogens with one attached hydrogen (secondary N) is 1. The number of hydrogen-bond donors (Lipinski definition) is 2. The number of aromatic nitrogens is 2. The van der Waals surface area contributed by atoms with Crippen LogP contribution in [0, 0.1) is 0 Å². The fraction of sp³-hybridized carbons (Fsp3) is 0.182. The Bertz CT molecular complexity index is 555. The zero-order chi connectivity index (χ0) is 13.0. The molecule has 0 atom stereocenters. The van der Waals surface area contributed by atoms with Gasteiger partial charge in [0.05, 0.1) is 12.2 Å². The first-order valence-corrected chi connectivity index (χ1v) is 6.14. The molecule has 0 aliphatic heterocycles. The first-order chi connectivity index (χ1) is 8.70. The molecule has 6 nitrogen and oxygen atoms in total. The summed E-state index contributed by atoms with van der Waals surface area (Å²) in [7, 11) is 0. The van der Waals surface area contributed by atoms with E-state index in [0.717, 1.165) is 0 Å².